The first-order valence-electron chi connectivity index (χ1n) is 17.4. The molecule has 1 aliphatic carbocycles. The van der Waals surface area contributed by atoms with Crippen LogP contribution in [0, 0.1) is 17.9 Å². The Bertz CT molecular complexity index is 3300. The summed E-state index contributed by atoms with van der Waals surface area (Å²) in [5, 5.41) is 16.6. The summed E-state index contributed by atoms with van der Waals surface area (Å²) in [5.74, 6) is 0. The number of hydrogen-bond acceptors (Lipinski definition) is 2. The number of rotatable bonds is 2. The van der Waals surface area contributed by atoms with E-state index in [1.807, 2.05) is 29.5 Å². The number of aromatic nitrogens is 2. The lowest BCUT2D eigenvalue weighted by Gasteiger charge is -2.21. The van der Waals surface area contributed by atoms with Gasteiger partial charge in [-0.25, -0.2) is 4.85 Å². The first-order valence-corrected chi connectivity index (χ1v) is 18.3. The van der Waals surface area contributed by atoms with Crippen molar-refractivity contribution in [1.82, 2.24) is 9.13 Å². The van der Waals surface area contributed by atoms with Crippen molar-refractivity contribution >= 4 is 80.8 Å². The average molecular weight is 681 g/mol. The third-order valence-electron chi connectivity index (χ3n) is 11.3. The molecule has 0 amide bonds. The first-order chi connectivity index (χ1) is 25.4. The molecule has 7 aromatic carbocycles. The Hall–Kier alpha value is -6.66. The van der Waals surface area contributed by atoms with E-state index in [1.54, 1.807) is 0 Å². The molecule has 0 saturated heterocycles. The first kappa shape index (κ1) is 29.1. The van der Waals surface area contributed by atoms with E-state index in [4.69, 9.17) is 6.57 Å². The van der Waals surface area contributed by atoms with Gasteiger partial charge in [0.1, 0.15) is 0 Å². The van der Waals surface area contributed by atoms with Crippen molar-refractivity contribution in [2.45, 2.75) is 19.3 Å². The molecule has 11 rings (SSSR count). The molecular formula is C47H28N4S. The maximum Gasteiger partial charge on any atom is 0.188 e. The standard InChI is InChI=1S/C47H28N4S/c1-47(2)38-10-6-4-9-34(38)45-39(47)18-17-33-36-23-28(49-3)13-20-42(36)51(46(33)45)30-14-16-32-37-24-29(15-21-43(37)52-44(32)25-30)50-40-11-7-5-8-31(40)35-22-27(26-48)12-19-41(35)50/h4-25H,1-2H3. The molecule has 0 unspecified atom stereocenters. The number of nitriles is 1. The van der Waals surface area contributed by atoms with Gasteiger partial charge in [-0.15, -0.1) is 11.3 Å². The van der Waals surface area contributed by atoms with Crippen LogP contribution < -0.4 is 0 Å². The quantitative estimate of drug-likeness (QED) is 0.167. The molecule has 0 saturated carbocycles. The fraction of sp³-hybridized carbons (Fsp3) is 0.0638. The molecule has 0 radical (unpaired) electrons. The molecule has 0 bridgehead atoms. The molecule has 5 heteroatoms. The van der Waals surface area contributed by atoms with Crippen molar-refractivity contribution in [1.29, 1.82) is 5.26 Å². The highest BCUT2D eigenvalue weighted by Gasteiger charge is 2.37. The van der Waals surface area contributed by atoms with Crippen molar-refractivity contribution in [2.24, 2.45) is 0 Å². The summed E-state index contributed by atoms with van der Waals surface area (Å²) >= 11 is 1.82. The highest BCUT2D eigenvalue weighted by molar-refractivity contribution is 7.25. The summed E-state index contributed by atoms with van der Waals surface area (Å²) in [7, 11) is 0. The van der Waals surface area contributed by atoms with E-state index >= 15 is 0 Å². The van der Waals surface area contributed by atoms with Gasteiger partial charge in [0.15, 0.2) is 5.69 Å². The number of fused-ring (bicyclic) bond motifs is 13. The predicted octanol–water partition coefficient (Wildman–Crippen LogP) is 13.0. The van der Waals surface area contributed by atoms with Gasteiger partial charge in [-0.05, 0) is 88.8 Å². The summed E-state index contributed by atoms with van der Waals surface area (Å²) in [4.78, 5) is 3.80. The van der Waals surface area contributed by atoms with E-state index < -0.39 is 0 Å². The minimum absolute atomic E-state index is 0.120. The van der Waals surface area contributed by atoms with E-state index in [1.165, 1.54) is 53.3 Å². The zero-order chi connectivity index (χ0) is 34.9. The topological polar surface area (TPSA) is 38.0 Å². The van der Waals surface area contributed by atoms with Crippen molar-refractivity contribution < 1.29 is 0 Å². The van der Waals surface area contributed by atoms with Crippen LogP contribution >= 0.6 is 11.3 Å². The summed E-state index contributed by atoms with van der Waals surface area (Å²) in [6, 6.07) is 49.9. The van der Waals surface area contributed by atoms with E-state index in [0.29, 0.717) is 11.3 Å². The average Bonchev–Trinajstić information content (AvgIpc) is 3.89. The van der Waals surface area contributed by atoms with Crippen LogP contribution in [0.3, 0.4) is 0 Å². The molecule has 10 aromatic rings. The van der Waals surface area contributed by atoms with Gasteiger partial charge in [-0.2, -0.15) is 5.26 Å². The monoisotopic (exact) mass is 680 g/mol. The summed E-state index contributed by atoms with van der Waals surface area (Å²) < 4.78 is 7.21. The van der Waals surface area contributed by atoms with E-state index in [9.17, 15) is 5.26 Å². The van der Waals surface area contributed by atoms with E-state index in [-0.39, 0.29) is 5.41 Å². The molecule has 0 fully saturated rings. The Morgan fingerprint density at radius 3 is 2.21 bits per heavy atom. The van der Waals surface area contributed by atoms with E-state index in [0.717, 1.165) is 44.1 Å². The van der Waals surface area contributed by atoms with Gasteiger partial charge in [-0.3, -0.25) is 0 Å². The van der Waals surface area contributed by atoms with Crippen LogP contribution in [0.2, 0.25) is 0 Å². The largest absolute Gasteiger partial charge is 0.309 e. The number of benzene rings is 7. The Morgan fingerprint density at radius 1 is 0.596 bits per heavy atom. The molecule has 0 N–H and O–H groups in total. The van der Waals surface area contributed by atoms with Crippen LogP contribution in [0.5, 0.6) is 0 Å². The zero-order valence-electron chi connectivity index (χ0n) is 28.4. The van der Waals surface area contributed by atoms with Crippen molar-refractivity contribution in [3.05, 3.63) is 162 Å². The van der Waals surface area contributed by atoms with Crippen molar-refractivity contribution in [3.8, 4) is 28.6 Å². The van der Waals surface area contributed by atoms with Gasteiger partial charge >= 0.3 is 0 Å². The van der Waals surface area contributed by atoms with Crippen LogP contribution in [-0.2, 0) is 5.41 Å². The minimum Gasteiger partial charge on any atom is -0.309 e. The lowest BCUT2D eigenvalue weighted by molar-refractivity contribution is 0.661. The van der Waals surface area contributed by atoms with Crippen LogP contribution in [0.4, 0.5) is 5.69 Å². The minimum atomic E-state index is -0.120. The smallest absolute Gasteiger partial charge is 0.188 e. The molecule has 0 spiro atoms. The highest BCUT2D eigenvalue weighted by atomic mass is 32.1. The Balaban J connectivity index is 1.16. The molecule has 3 heterocycles. The number of hydrogen-bond donors (Lipinski definition) is 0. The second-order valence-electron chi connectivity index (χ2n) is 14.4. The fourth-order valence-corrected chi connectivity index (χ4v) is 10.1. The Morgan fingerprint density at radius 2 is 1.33 bits per heavy atom. The van der Waals surface area contributed by atoms with Crippen molar-refractivity contribution in [2.75, 3.05) is 0 Å². The van der Waals surface area contributed by atoms with E-state index in [2.05, 4.69) is 149 Å². The third-order valence-corrected chi connectivity index (χ3v) is 12.5. The number of para-hydroxylation sites is 1. The van der Waals surface area contributed by atoms with Crippen LogP contribution in [-0.4, -0.2) is 9.13 Å². The Labute approximate surface area is 303 Å². The molecule has 52 heavy (non-hydrogen) atoms. The van der Waals surface area contributed by atoms with Gasteiger partial charge < -0.3 is 9.13 Å². The van der Waals surface area contributed by atoms with Gasteiger partial charge in [-0.1, -0.05) is 80.6 Å². The van der Waals surface area contributed by atoms with Crippen LogP contribution in [0.1, 0.15) is 30.5 Å². The lowest BCUT2D eigenvalue weighted by Crippen LogP contribution is -2.14. The molecule has 4 nitrogen and oxygen atoms in total. The number of thiophene rings is 1. The summed E-state index contributed by atoms with van der Waals surface area (Å²) in [5.41, 5.74) is 13.2. The third kappa shape index (κ3) is 3.73. The second-order valence-corrected chi connectivity index (χ2v) is 15.4. The van der Waals surface area contributed by atoms with Crippen LogP contribution in [0.25, 0.3) is 91.1 Å². The van der Waals surface area contributed by atoms with Crippen molar-refractivity contribution in [3.63, 3.8) is 0 Å². The van der Waals surface area contributed by atoms with Gasteiger partial charge in [0.2, 0.25) is 0 Å². The van der Waals surface area contributed by atoms with Gasteiger partial charge in [0, 0.05) is 58.7 Å². The fourth-order valence-electron chi connectivity index (χ4n) is 8.97. The maximum atomic E-state index is 9.63. The van der Waals surface area contributed by atoms with Crippen LogP contribution in [0.15, 0.2) is 133 Å². The summed E-state index contributed by atoms with van der Waals surface area (Å²) in [6.45, 7) is 12.4. The summed E-state index contributed by atoms with van der Waals surface area (Å²) in [6.07, 6.45) is 0. The maximum absolute atomic E-state index is 9.63. The predicted molar refractivity (Wildman–Crippen MR) is 217 cm³/mol. The lowest BCUT2D eigenvalue weighted by atomic mass is 9.82. The SMILES string of the molecule is [C-]#[N+]c1ccc2c(c1)c1ccc3c(c1n2-c1ccc2c(c1)sc1ccc(-n4c5ccccc5c5cc(C#N)ccc54)cc12)-c1ccccc1C3(C)C. The molecule has 0 atom stereocenters. The molecular weight excluding hydrogens is 653 g/mol. The Kier molecular flexibility index (Phi) is 5.71. The molecule has 0 aliphatic heterocycles. The molecule has 3 aromatic heterocycles. The number of nitrogens with zero attached hydrogens (tertiary/aromatic N) is 4. The van der Waals surface area contributed by atoms with Gasteiger partial charge in [0.25, 0.3) is 0 Å². The molecule has 1 aliphatic rings. The normalized spacial score (nSPS) is 13.3. The van der Waals surface area contributed by atoms with Gasteiger partial charge in [0.05, 0.1) is 40.3 Å². The highest BCUT2D eigenvalue weighted by Crippen LogP contribution is 2.53. The zero-order valence-corrected chi connectivity index (χ0v) is 29.2. The molecule has 242 valence electrons. The second kappa shape index (κ2) is 10.2.